The summed E-state index contributed by atoms with van der Waals surface area (Å²) in [5.74, 6) is 1.02. The molecule has 6 heteroatoms. The molecular weight excluding hydrogens is 368 g/mol. The van der Waals surface area contributed by atoms with Crippen molar-refractivity contribution in [2.75, 3.05) is 32.8 Å². The number of nitrogens with one attached hydrogen (secondary N) is 1. The maximum Gasteiger partial charge on any atom is 0.194 e. The molecule has 1 aromatic carbocycles. The van der Waals surface area contributed by atoms with E-state index in [-0.39, 0.29) is 0 Å². The first-order valence-electron chi connectivity index (χ1n) is 10.3. The van der Waals surface area contributed by atoms with Gasteiger partial charge in [0.05, 0.1) is 23.9 Å². The number of ether oxygens (including phenoxy) is 1. The molecule has 0 aliphatic carbocycles. The second kappa shape index (κ2) is 9.05. The number of hydrogen-bond donors (Lipinski definition) is 1. The molecule has 4 rings (SSSR count). The summed E-state index contributed by atoms with van der Waals surface area (Å²) in [5.41, 5.74) is 2.79. The Bertz CT molecular complexity index is 783. The molecule has 28 heavy (non-hydrogen) atoms. The molecule has 3 heterocycles. The number of benzene rings is 1. The number of thiazole rings is 1. The highest BCUT2D eigenvalue weighted by molar-refractivity contribution is 7.09. The zero-order valence-electron chi connectivity index (χ0n) is 16.7. The summed E-state index contributed by atoms with van der Waals surface area (Å²) in [6.45, 7) is 7.59. The van der Waals surface area contributed by atoms with E-state index in [1.807, 2.05) is 0 Å². The van der Waals surface area contributed by atoms with Gasteiger partial charge in [-0.05, 0) is 31.7 Å². The van der Waals surface area contributed by atoms with Gasteiger partial charge in [0.15, 0.2) is 5.96 Å². The highest BCUT2D eigenvalue weighted by Crippen LogP contribution is 2.38. The van der Waals surface area contributed by atoms with Gasteiger partial charge in [-0.15, -0.1) is 11.3 Å². The van der Waals surface area contributed by atoms with Crippen LogP contribution in [0.5, 0.6) is 0 Å². The van der Waals surface area contributed by atoms with E-state index in [1.165, 1.54) is 23.4 Å². The van der Waals surface area contributed by atoms with Crippen LogP contribution in [0, 0.1) is 5.41 Å². The van der Waals surface area contributed by atoms with Crippen LogP contribution >= 0.6 is 11.3 Å². The standard InChI is InChI=1S/C22H30N4OS/c1-2-23-21(26-12-10-22(16-26)11-13-27-17-22)24-14-19-15-28-20(25-19)9-8-18-6-4-3-5-7-18/h3-7,15H,2,8-14,16-17H2,1H3,(H,23,24). The van der Waals surface area contributed by atoms with E-state index < -0.39 is 0 Å². The predicted molar refractivity (Wildman–Crippen MR) is 115 cm³/mol. The third kappa shape index (κ3) is 4.73. The first-order valence-corrected chi connectivity index (χ1v) is 11.2. The Labute approximate surface area is 171 Å². The number of nitrogens with zero attached hydrogens (tertiary/aromatic N) is 3. The summed E-state index contributed by atoms with van der Waals surface area (Å²) in [5, 5.41) is 6.82. The van der Waals surface area contributed by atoms with Gasteiger partial charge in [-0.1, -0.05) is 30.3 Å². The van der Waals surface area contributed by atoms with Gasteiger partial charge in [-0.2, -0.15) is 0 Å². The average molecular weight is 399 g/mol. The number of guanidine groups is 1. The molecule has 0 radical (unpaired) electrons. The lowest BCUT2D eigenvalue weighted by Gasteiger charge is -2.24. The van der Waals surface area contributed by atoms with Gasteiger partial charge >= 0.3 is 0 Å². The normalized spacial score (nSPS) is 22.3. The van der Waals surface area contributed by atoms with Gasteiger partial charge < -0.3 is 15.0 Å². The van der Waals surface area contributed by atoms with E-state index in [4.69, 9.17) is 14.7 Å². The Morgan fingerprint density at radius 1 is 1.29 bits per heavy atom. The first kappa shape index (κ1) is 19.4. The molecule has 2 aliphatic heterocycles. The van der Waals surface area contributed by atoms with Gasteiger partial charge in [0.2, 0.25) is 0 Å². The van der Waals surface area contributed by atoms with Crippen LogP contribution in [0.1, 0.15) is 36.0 Å². The van der Waals surface area contributed by atoms with Crippen LogP contribution < -0.4 is 5.32 Å². The number of likely N-dealkylation sites (tertiary alicyclic amines) is 1. The molecular formula is C22H30N4OS. The zero-order chi connectivity index (χ0) is 19.2. The predicted octanol–water partition coefficient (Wildman–Crippen LogP) is 3.51. The number of aliphatic imine (C=N–C) groups is 1. The van der Waals surface area contributed by atoms with Crippen molar-refractivity contribution < 1.29 is 4.74 Å². The number of aromatic nitrogens is 1. The van der Waals surface area contributed by atoms with E-state index in [0.717, 1.165) is 57.3 Å². The smallest absolute Gasteiger partial charge is 0.194 e. The van der Waals surface area contributed by atoms with Crippen LogP contribution in [0.4, 0.5) is 0 Å². The monoisotopic (exact) mass is 398 g/mol. The Morgan fingerprint density at radius 3 is 2.96 bits per heavy atom. The lowest BCUT2D eigenvalue weighted by atomic mass is 9.87. The number of aryl methyl sites for hydroxylation is 2. The Hall–Kier alpha value is -1.92. The van der Waals surface area contributed by atoms with Crippen molar-refractivity contribution in [3.05, 3.63) is 52.0 Å². The SMILES string of the molecule is CCNC(=NCc1csc(CCc2ccccc2)n1)N1CCC2(CCOC2)C1. The molecule has 150 valence electrons. The summed E-state index contributed by atoms with van der Waals surface area (Å²) in [6.07, 6.45) is 4.42. The summed E-state index contributed by atoms with van der Waals surface area (Å²) in [4.78, 5) is 12.1. The Morgan fingerprint density at radius 2 is 2.18 bits per heavy atom. The minimum atomic E-state index is 0.349. The largest absolute Gasteiger partial charge is 0.381 e. The second-order valence-electron chi connectivity index (χ2n) is 7.86. The number of rotatable bonds is 6. The fraction of sp³-hybridized carbons (Fsp3) is 0.545. The van der Waals surface area contributed by atoms with E-state index in [2.05, 4.69) is 52.9 Å². The van der Waals surface area contributed by atoms with Gasteiger partial charge in [-0.25, -0.2) is 9.98 Å². The molecule has 1 unspecified atom stereocenters. The minimum Gasteiger partial charge on any atom is -0.381 e. The van der Waals surface area contributed by atoms with Crippen LogP contribution in [-0.4, -0.2) is 48.7 Å². The summed E-state index contributed by atoms with van der Waals surface area (Å²) < 4.78 is 5.66. The van der Waals surface area contributed by atoms with Crippen molar-refractivity contribution in [2.24, 2.45) is 10.4 Å². The molecule has 1 aromatic heterocycles. The van der Waals surface area contributed by atoms with Crippen molar-refractivity contribution in [1.29, 1.82) is 0 Å². The van der Waals surface area contributed by atoms with Gasteiger partial charge in [0.1, 0.15) is 0 Å². The topological polar surface area (TPSA) is 49.8 Å². The van der Waals surface area contributed by atoms with E-state index in [9.17, 15) is 0 Å². The average Bonchev–Trinajstić information content (AvgIpc) is 3.47. The molecule has 2 fully saturated rings. The molecule has 2 aromatic rings. The maximum atomic E-state index is 5.66. The quantitative estimate of drug-likeness (QED) is 0.598. The first-order chi connectivity index (χ1) is 13.8. The highest BCUT2D eigenvalue weighted by atomic mass is 32.1. The lowest BCUT2D eigenvalue weighted by molar-refractivity contribution is 0.156. The Kier molecular flexibility index (Phi) is 6.27. The summed E-state index contributed by atoms with van der Waals surface area (Å²) in [6, 6.07) is 10.6. The fourth-order valence-corrected chi connectivity index (χ4v) is 4.89. The molecule has 2 saturated heterocycles. The van der Waals surface area contributed by atoms with Gasteiger partial charge in [0, 0.05) is 43.5 Å². The molecule has 0 amide bonds. The van der Waals surface area contributed by atoms with Crippen molar-refractivity contribution in [1.82, 2.24) is 15.2 Å². The molecule has 1 N–H and O–H groups in total. The highest BCUT2D eigenvalue weighted by Gasteiger charge is 2.42. The van der Waals surface area contributed by atoms with E-state index >= 15 is 0 Å². The fourth-order valence-electron chi connectivity index (χ4n) is 4.10. The van der Waals surface area contributed by atoms with Crippen LogP contribution in [0.3, 0.4) is 0 Å². The van der Waals surface area contributed by atoms with Crippen LogP contribution in [0.2, 0.25) is 0 Å². The van der Waals surface area contributed by atoms with Crippen molar-refractivity contribution in [3.8, 4) is 0 Å². The zero-order valence-corrected chi connectivity index (χ0v) is 17.5. The summed E-state index contributed by atoms with van der Waals surface area (Å²) >= 11 is 1.75. The molecule has 2 aliphatic rings. The molecule has 0 bridgehead atoms. The molecule has 1 spiro atoms. The lowest BCUT2D eigenvalue weighted by Crippen LogP contribution is -2.41. The minimum absolute atomic E-state index is 0.349. The third-order valence-corrected chi connectivity index (χ3v) is 6.68. The third-order valence-electron chi connectivity index (χ3n) is 5.72. The van der Waals surface area contributed by atoms with E-state index in [1.54, 1.807) is 11.3 Å². The molecule has 1 atom stereocenters. The Balaban J connectivity index is 1.34. The van der Waals surface area contributed by atoms with Gasteiger partial charge in [-0.3, -0.25) is 0 Å². The van der Waals surface area contributed by atoms with E-state index in [0.29, 0.717) is 12.0 Å². The van der Waals surface area contributed by atoms with Crippen molar-refractivity contribution in [2.45, 2.75) is 39.2 Å². The van der Waals surface area contributed by atoms with Crippen LogP contribution in [0.15, 0.2) is 40.7 Å². The second-order valence-corrected chi connectivity index (χ2v) is 8.81. The number of hydrogen-bond acceptors (Lipinski definition) is 4. The van der Waals surface area contributed by atoms with Crippen molar-refractivity contribution in [3.63, 3.8) is 0 Å². The van der Waals surface area contributed by atoms with Crippen LogP contribution in [-0.2, 0) is 24.1 Å². The van der Waals surface area contributed by atoms with Gasteiger partial charge in [0.25, 0.3) is 0 Å². The summed E-state index contributed by atoms with van der Waals surface area (Å²) in [7, 11) is 0. The van der Waals surface area contributed by atoms with Crippen molar-refractivity contribution >= 4 is 17.3 Å². The molecule has 5 nitrogen and oxygen atoms in total. The maximum absolute atomic E-state index is 5.66. The van der Waals surface area contributed by atoms with Crippen LogP contribution in [0.25, 0.3) is 0 Å². The molecule has 0 saturated carbocycles.